The fraction of sp³-hybridized carbons (Fsp3) is 0.0714. The van der Waals surface area contributed by atoms with Crippen molar-refractivity contribution < 1.29 is 9.90 Å². The molecule has 0 aromatic carbocycles. The van der Waals surface area contributed by atoms with Gasteiger partial charge in [0.05, 0.1) is 5.69 Å². The van der Waals surface area contributed by atoms with Gasteiger partial charge in [-0.05, 0) is 25.1 Å². The molecule has 3 aromatic rings. The summed E-state index contributed by atoms with van der Waals surface area (Å²) in [6.45, 7) is 1.74. The lowest BCUT2D eigenvalue weighted by Gasteiger charge is -1.90. The summed E-state index contributed by atoms with van der Waals surface area (Å²) < 4.78 is 0. The van der Waals surface area contributed by atoms with Gasteiger partial charge < -0.3 is 5.11 Å². The van der Waals surface area contributed by atoms with Crippen LogP contribution >= 0.6 is 22.7 Å². The predicted molar refractivity (Wildman–Crippen MR) is 85.9 cm³/mol. The van der Waals surface area contributed by atoms with Crippen molar-refractivity contribution in [3.8, 4) is 10.8 Å². The number of aryl methyl sites for hydroxylation is 1. The highest BCUT2D eigenvalue weighted by molar-refractivity contribution is 7.13. The smallest absolute Gasteiger partial charge is 0.355 e. The first-order valence-electron chi connectivity index (χ1n) is 6.25. The van der Waals surface area contributed by atoms with E-state index in [1.165, 1.54) is 22.7 Å². The molecule has 0 aliphatic rings. The van der Waals surface area contributed by atoms with Gasteiger partial charge in [-0.2, -0.15) is 0 Å². The molecule has 3 heterocycles. The van der Waals surface area contributed by atoms with Gasteiger partial charge >= 0.3 is 5.97 Å². The van der Waals surface area contributed by atoms with Gasteiger partial charge in [0, 0.05) is 22.7 Å². The highest BCUT2D eigenvalue weighted by atomic mass is 32.1. The molecule has 0 saturated heterocycles. The second kappa shape index (κ2) is 6.12. The summed E-state index contributed by atoms with van der Waals surface area (Å²) in [6.07, 6.45) is 6.90. The first kappa shape index (κ1) is 14.5. The minimum Gasteiger partial charge on any atom is -0.476 e. The van der Waals surface area contributed by atoms with Crippen LogP contribution in [0.25, 0.3) is 23.0 Å². The first-order chi connectivity index (χ1) is 10.6. The van der Waals surface area contributed by atoms with Crippen LogP contribution in [0.5, 0.6) is 0 Å². The Labute approximate surface area is 133 Å². The highest BCUT2D eigenvalue weighted by Gasteiger charge is 2.12. The summed E-state index contributed by atoms with van der Waals surface area (Å²) in [5, 5.41) is 12.3. The number of aromatic nitrogens is 4. The SMILES string of the molecule is Cc1sc(/C=C/c2csc(-c3ncccn3)n2)nc1C(=O)O. The molecule has 0 atom stereocenters. The van der Waals surface area contributed by atoms with Gasteiger partial charge in [-0.15, -0.1) is 22.7 Å². The molecule has 0 aliphatic heterocycles. The van der Waals surface area contributed by atoms with Crippen LogP contribution in [0.15, 0.2) is 23.8 Å². The number of rotatable bonds is 4. The first-order valence-corrected chi connectivity index (χ1v) is 7.95. The molecule has 22 heavy (non-hydrogen) atoms. The molecule has 3 aromatic heterocycles. The molecule has 110 valence electrons. The monoisotopic (exact) mass is 330 g/mol. The largest absolute Gasteiger partial charge is 0.476 e. The molecular formula is C14H10N4O2S2. The van der Waals surface area contributed by atoms with Crippen LogP contribution in [-0.4, -0.2) is 31.0 Å². The third kappa shape index (κ3) is 3.07. The lowest BCUT2D eigenvalue weighted by Crippen LogP contribution is -1.98. The van der Waals surface area contributed by atoms with Crippen LogP contribution < -0.4 is 0 Å². The number of carboxylic acids is 1. The zero-order valence-corrected chi connectivity index (χ0v) is 13.1. The summed E-state index contributed by atoms with van der Waals surface area (Å²) in [7, 11) is 0. The van der Waals surface area contributed by atoms with Crippen molar-refractivity contribution in [3.63, 3.8) is 0 Å². The fourth-order valence-electron chi connectivity index (χ4n) is 1.72. The standard InChI is InChI=1S/C14H10N4O2S2/c1-8-11(14(19)20)18-10(22-8)4-3-9-7-21-13(17-9)12-15-5-2-6-16-12/h2-7H,1H3,(H,19,20)/b4-3+. The minimum absolute atomic E-state index is 0.0984. The normalized spacial score (nSPS) is 11.1. The van der Waals surface area contributed by atoms with Crippen LogP contribution in [0.2, 0.25) is 0 Å². The molecule has 1 N–H and O–H groups in total. The second-order valence-corrected chi connectivity index (χ2v) is 6.34. The number of nitrogens with zero attached hydrogens (tertiary/aromatic N) is 4. The van der Waals surface area contributed by atoms with Gasteiger partial charge in [0.2, 0.25) is 0 Å². The molecule has 3 rings (SSSR count). The van der Waals surface area contributed by atoms with Crippen LogP contribution in [0, 0.1) is 6.92 Å². The van der Waals surface area contributed by atoms with Crippen LogP contribution in [0.4, 0.5) is 0 Å². The third-order valence-corrected chi connectivity index (χ3v) is 4.48. The topological polar surface area (TPSA) is 88.9 Å². The zero-order chi connectivity index (χ0) is 15.5. The van der Waals surface area contributed by atoms with Gasteiger partial charge in [-0.3, -0.25) is 0 Å². The van der Waals surface area contributed by atoms with E-state index in [0.717, 1.165) is 10.7 Å². The molecule has 0 aliphatic carbocycles. The number of carbonyl (C=O) groups is 1. The third-order valence-electron chi connectivity index (χ3n) is 2.69. The Balaban J connectivity index is 1.80. The Morgan fingerprint density at radius 2 is 2.00 bits per heavy atom. The van der Waals surface area contributed by atoms with E-state index in [1.807, 2.05) is 5.38 Å². The lowest BCUT2D eigenvalue weighted by atomic mass is 10.4. The molecule has 0 fully saturated rings. The molecule has 6 nitrogen and oxygen atoms in total. The Morgan fingerprint density at radius 1 is 1.23 bits per heavy atom. The van der Waals surface area contributed by atoms with E-state index in [1.54, 1.807) is 37.5 Å². The maximum atomic E-state index is 11.0. The van der Waals surface area contributed by atoms with Gasteiger partial charge in [0.25, 0.3) is 0 Å². The fourth-order valence-corrected chi connectivity index (χ4v) is 3.27. The summed E-state index contributed by atoms with van der Waals surface area (Å²) >= 11 is 2.79. The van der Waals surface area contributed by atoms with Crippen molar-refractivity contribution in [1.82, 2.24) is 19.9 Å². The van der Waals surface area contributed by atoms with Crippen molar-refractivity contribution in [2.45, 2.75) is 6.92 Å². The molecule has 0 amide bonds. The number of hydrogen-bond acceptors (Lipinski definition) is 7. The average molecular weight is 330 g/mol. The van der Waals surface area contributed by atoms with Gasteiger partial charge in [0.1, 0.15) is 5.01 Å². The maximum Gasteiger partial charge on any atom is 0.355 e. The summed E-state index contributed by atoms with van der Waals surface area (Å²) in [5.74, 6) is -0.420. The van der Waals surface area contributed by atoms with Crippen LogP contribution in [0.1, 0.15) is 26.1 Å². The van der Waals surface area contributed by atoms with Gasteiger partial charge in [-0.25, -0.2) is 24.7 Å². The van der Waals surface area contributed by atoms with E-state index >= 15 is 0 Å². The van der Waals surface area contributed by atoms with Crippen molar-refractivity contribution in [1.29, 1.82) is 0 Å². The Morgan fingerprint density at radius 3 is 2.68 bits per heavy atom. The molecule has 0 bridgehead atoms. The molecule has 0 unspecified atom stereocenters. The van der Waals surface area contributed by atoms with Crippen molar-refractivity contribution in [3.05, 3.63) is 45.1 Å². The predicted octanol–water partition coefficient (Wildman–Crippen LogP) is 3.23. The van der Waals surface area contributed by atoms with Crippen LogP contribution in [-0.2, 0) is 0 Å². The number of thiazole rings is 2. The van der Waals surface area contributed by atoms with Crippen LogP contribution in [0.3, 0.4) is 0 Å². The zero-order valence-electron chi connectivity index (χ0n) is 11.4. The summed E-state index contributed by atoms with van der Waals surface area (Å²) in [4.78, 5) is 28.5. The van der Waals surface area contributed by atoms with Gasteiger partial charge in [0.15, 0.2) is 16.5 Å². The van der Waals surface area contributed by atoms with Crippen molar-refractivity contribution >= 4 is 40.8 Å². The van der Waals surface area contributed by atoms with E-state index in [2.05, 4.69) is 19.9 Å². The molecule has 8 heteroatoms. The molecule has 0 spiro atoms. The number of aromatic carboxylic acids is 1. The Kier molecular flexibility index (Phi) is 4.03. The maximum absolute atomic E-state index is 11.0. The second-order valence-electron chi connectivity index (χ2n) is 4.25. The van der Waals surface area contributed by atoms with E-state index in [9.17, 15) is 4.79 Å². The number of hydrogen-bond donors (Lipinski definition) is 1. The van der Waals surface area contributed by atoms with Crippen molar-refractivity contribution in [2.24, 2.45) is 0 Å². The molecule has 0 radical (unpaired) electrons. The quantitative estimate of drug-likeness (QED) is 0.790. The minimum atomic E-state index is -1.01. The number of carboxylic acid groups (broad SMARTS) is 1. The Hall–Kier alpha value is -2.45. The van der Waals surface area contributed by atoms with E-state index in [-0.39, 0.29) is 5.69 Å². The van der Waals surface area contributed by atoms with E-state index in [4.69, 9.17) is 5.11 Å². The molecule has 0 saturated carbocycles. The van der Waals surface area contributed by atoms with E-state index in [0.29, 0.717) is 15.7 Å². The summed E-state index contributed by atoms with van der Waals surface area (Å²) in [5.41, 5.74) is 0.860. The van der Waals surface area contributed by atoms with Crippen molar-refractivity contribution in [2.75, 3.05) is 0 Å². The van der Waals surface area contributed by atoms with E-state index < -0.39 is 5.97 Å². The molecular weight excluding hydrogens is 320 g/mol. The Bertz CT molecular complexity index is 840. The van der Waals surface area contributed by atoms with Gasteiger partial charge in [-0.1, -0.05) is 0 Å². The average Bonchev–Trinajstić information content (AvgIpc) is 3.12. The lowest BCUT2D eigenvalue weighted by molar-refractivity contribution is 0.0690. The highest BCUT2D eigenvalue weighted by Crippen LogP contribution is 2.22. The summed E-state index contributed by atoms with van der Waals surface area (Å²) in [6, 6.07) is 1.75.